The second-order valence-electron chi connectivity index (χ2n) is 4.74. The van der Waals surface area contributed by atoms with Gasteiger partial charge in [-0.2, -0.15) is 0 Å². The Morgan fingerprint density at radius 1 is 1.35 bits per heavy atom. The first-order valence-corrected chi connectivity index (χ1v) is 6.46. The molecule has 1 aliphatic heterocycles. The Hall–Kier alpha value is -0.900. The summed E-state index contributed by atoms with van der Waals surface area (Å²) in [6.45, 7) is 2.71. The van der Waals surface area contributed by atoms with Crippen molar-refractivity contribution in [1.29, 1.82) is 0 Å². The van der Waals surface area contributed by atoms with Crippen LogP contribution in [0.4, 0.5) is 0 Å². The van der Waals surface area contributed by atoms with Crippen LogP contribution in [-0.4, -0.2) is 31.8 Å². The zero-order chi connectivity index (χ0) is 11.9. The number of hydrogen-bond acceptors (Lipinski definition) is 3. The first-order chi connectivity index (χ1) is 8.34. The molecule has 2 unspecified atom stereocenters. The van der Waals surface area contributed by atoms with Gasteiger partial charge in [0.2, 0.25) is 0 Å². The lowest BCUT2D eigenvalue weighted by molar-refractivity contribution is 0.110. The molecule has 0 saturated carbocycles. The smallest absolute Gasteiger partial charge is 0.0700 e. The highest BCUT2D eigenvalue weighted by Gasteiger charge is 2.14. The van der Waals surface area contributed by atoms with E-state index in [4.69, 9.17) is 10.5 Å². The molecule has 3 heteroatoms. The minimum Gasteiger partial charge on any atom is -0.377 e. The van der Waals surface area contributed by atoms with Crippen molar-refractivity contribution in [3.63, 3.8) is 0 Å². The highest BCUT2D eigenvalue weighted by Crippen LogP contribution is 2.10. The van der Waals surface area contributed by atoms with Crippen LogP contribution in [0, 0.1) is 0 Å². The summed E-state index contributed by atoms with van der Waals surface area (Å²) in [5, 5.41) is 3.40. The summed E-state index contributed by atoms with van der Waals surface area (Å²) in [4.78, 5) is 0. The first kappa shape index (κ1) is 12.6. The van der Waals surface area contributed by atoms with Crippen molar-refractivity contribution in [3.8, 4) is 0 Å². The molecule has 17 heavy (non-hydrogen) atoms. The molecule has 3 N–H and O–H groups in total. The molecule has 1 fully saturated rings. The monoisotopic (exact) mass is 234 g/mol. The van der Waals surface area contributed by atoms with Gasteiger partial charge in [0, 0.05) is 25.7 Å². The number of benzene rings is 1. The maximum absolute atomic E-state index is 6.09. The minimum absolute atomic E-state index is 0.179. The minimum atomic E-state index is 0.179. The summed E-state index contributed by atoms with van der Waals surface area (Å²) in [6.07, 6.45) is 3.71. The zero-order valence-corrected chi connectivity index (χ0v) is 10.3. The van der Waals surface area contributed by atoms with E-state index in [1.807, 2.05) is 6.07 Å². The van der Waals surface area contributed by atoms with Crippen LogP contribution in [0.1, 0.15) is 18.4 Å². The molecular formula is C14H22N2O. The molecule has 0 amide bonds. The molecule has 1 heterocycles. The van der Waals surface area contributed by atoms with E-state index in [0.717, 1.165) is 26.1 Å². The fourth-order valence-electron chi connectivity index (χ4n) is 2.22. The average Bonchev–Trinajstić information content (AvgIpc) is 2.83. The van der Waals surface area contributed by atoms with E-state index in [1.54, 1.807) is 0 Å². The molecule has 0 spiro atoms. The van der Waals surface area contributed by atoms with Crippen molar-refractivity contribution >= 4 is 0 Å². The summed E-state index contributed by atoms with van der Waals surface area (Å²) in [5.41, 5.74) is 7.39. The highest BCUT2D eigenvalue weighted by atomic mass is 16.5. The molecule has 2 rings (SSSR count). The number of rotatable bonds is 6. The normalized spacial score (nSPS) is 21.6. The Morgan fingerprint density at radius 3 is 2.88 bits per heavy atom. The van der Waals surface area contributed by atoms with E-state index in [1.165, 1.54) is 18.4 Å². The standard InChI is InChI=1S/C14H22N2O/c15-13(9-12-5-2-1-3-6-12)10-16-11-14-7-4-8-17-14/h1-3,5-6,13-14,16H,4,7-11,15H2. The lowest BCUT2D eigenvalue weighted by atomic mass is 10.1. The highest BCUT2D eigenvalue weighted by molar-refractivity contribution is 5.15. The van der Waals surface area contributed by atoms with Gasteiger partial charge >= 0.3 is 0 Å². The summed E-state index contributed by atoms with van der Waals surface area (Å²) in [6, 6.07) is 10.6. The number of hydrogen-bond donors (Lipinski definition) is 2. The van der Waals surface area contributed by atoms with Crippen LogP contribution >= 0.6 is 0 Å². The maximum atomic E-state index is 6.09. The predicted molar refractivity (Wildman–Crippen MR) is 70.0 cm³/mol. The molecule has 1 saturated heterocycles. The SMILES string of the molecule is NC(CNCC1CCCO1)Cc1ccccc1. The van der Waals surface area contributed by atoms with E-state index in [9.17, 15) is 0 Å². The van der Waals surface area contributed by atoms with E-state index < -0.39 is 0 Å². The van der Waals surface area contributed by atoms with Gasteiger partial charge in [-0.1, -0.05) is 30.3 Å². The van der Waals surface area contributed by atoms with Crippen molar-refractivity contribution < 1.29 is 4.74 Å². The molecular weight excluding hydrogens is 212 g/mol. The molecule has 1 aromatic carbocycles. The molecule has 0 bridgehead atoms. The predicted octanol–water partition coefficient (Wildman–Crippen LogP) is 1.32. The Morgan fingerprint density at radius 2 is 2.18 bits per heavy atom. The van der Waals surface area contributed by atoms with Crippen molar-refractivity contribution in [3.05, 3.63) is 35.9 Å². The summed E-state index contributed by atoms with van der Waals surface area (Å²) < 4.78 is 5.55. The second kappa shape index (κ2) is 6.74. The van der Waals surface area contributed by atoms with Gasteiger partial charge in [0.05, 0.1) is 6.10 Å². The average molecular weight is 234 g/mol. The van der Waals surface area contributed by atoms with Gasteiger partial charge in [-0.3, -0.25) is 0 Å². The summed E-state index contributed by atoms with van der Waals surface area (Å²) in [5.74, 6) is 0. The van der Waals surface area contributed by atoms with Crippen molar-refractivity contribution in [1.82, 2.24) is 5.32 Å². The van der Waals surface area contributed by atoms with E-state index >= 15 is 0 Å². The van der Waals surface area contributed by atoms with Crippen LogP contribution in [-0.2, 0) is 11.2 Å². The molecule has 3 nitrogen and oxygen atoms in total. The van der Waals surface area contributed by atoms with Crippen LogP contribution in [0.15, 0.2) is 30.3 Å². The molecule has 94 valence electrons. The third kappa shape index (κ3) is 4.46. The summed E-state index contributed by atoms with van der Waals surface area (Å²) in [7, 11) is 0. The lowest BCUT2D eigenvalue weighted by Gasteiger charge is -2.15. The maximum Gasteiger partial charge on any atom is 0.0700 e. The molecule has 0 aliphatic carbocycles. The van der Waals surface area contributed by atoms with Gasteiger partial charge in [0.25, 0.3) is 0 Å². The first-order valence-electron chi connectivity index (χ1n) is 6.46. The second-order valence-corrected chi connectivity index (χ2v) is 4.74. The van der Waals surface area contributed by atoms with Gasteiger partial charge in [-0.15, -0.1) is 0 Å². The largest absolute Gasteiger partial charge is 0.377 e. The van der Waals surface area contributed by atoms with Crippen molar-refractivity contribution in [2.75, 3.05) is 19.7 Å². The van der Waals surface area contributed by atoms with Gasteiger partial charge < -0.3 is 15.8 Å². The van der Waals surface area contributed by atoms with Crippen LogP contribution in [0.2, 0.25) is 0 Å². The number of nitrogens with two attached hydrogens (primary N) is 1. The molecule has 0 radical (unpaired) electrons. The lowest BCUT2D eigenvalue weighted by Crippen LogP contribution is -2.38. The van der Waals surface area contributed by atoms with E-state index in [2.05, 4.69) is 29.6 Å². The summed E-state index contributed by atoms with van der Waals surface area (Å²) >= 11 is 0. The van der Waals surface area contributed by atoms with E-state index in [-0.39, 0.29) is 6.04 Å². The fraction of sp³-hybridized carbons (Fsp3) is 0.571. The molecule has 1 aromatic rings. The molecule has 0 aromatic heterocycles. The van der Waals surface area contributed by atoms with E-state index in [0.29, 0.717) is 6.10 Å². The van der Waals surface area contributed by atoms with Crippen LogP contribution < -0.4 is 11.1 Å². The van der Waals surface area contributed by atoms with Crippen LogP contribution in [0.3, 0.4) is 0 Å². The zero-order valence-electron chi connectivity index (χ0n) is 10.3. The third-order valence-electron chi connectivity index (χ3n) is 3.14. The number of nitrogens with one attached hydrogen (secondary N) is 1. The quantitative estimate of drug-likeness (QED) is 0.780. The third-order valence-corrected chi connectivity index (χ3v) is 3.14. The Balaban J connectivity index is 1.62. The van der Waals surface area contributed by atoms with Gasteiger partial charge in [-0.25, -0.2) is 0 Å². The fourth-order valence-corrected chi connectivity index (χ4v) is 2.22. The van der Waals surface area contributed by atoms with Crippen molar-refractivity contribution in [2.45, 2.75) is 31.4 Å². The van der Waals surface area contributed by atoms with Gasteiger partial charge in [0.15, 0.2) is 0 Å². The topological polar surface area (TPSA) is 47.3 Å². The van der Waals surface area contributed by atoms with Crippen LogP contribution in [0.5, 0.6) is 0 Å². The molecule has 1 aliphatic rings. The Labute approximate surface area is 103 Å². The van der Waals surface area contributed by atoms with Crippen LogP contribution in [0.25, 0.3) is 0 Å². The number of ether oxygens (including phenoxy) is 1. The molecule has 2 atom stereocenters. The van der Waals surface area contributed by atoms with Crippen molar-refractivity contribution in [2.24, 2.45) is 5.73 Å². The van der Waals surface area contributed by atoms with Gasteiger partial charge in [-0.05, 0) is 24.8 Å². The Kier molecular flexibility index (Phi) is 4.98. The Bertz CT molecular complexity index is 309. The van der Waals surface area contributed by atoms with Gasteiger partial charge in [0.1, 0.15) is 0 Å².